The van der Waals surface area contributed by atoms with Crippen molar-refractivity contribution in [2.75, 3.05) is 13.7 Å². The Balaban J connectivity index is 1.93. The standard InChI is InChI=1S/C20H24FNO2/c1-23-16-9-10-17(24-13-15-7-3-2-4-8-15)19(21)18(16)20(14-22)11-5-6-12-20/h2-4,7-10H,5-6,11-14,22H2,1H3. The highest BCUT2D eigenvalue weighted by Gasteiger charge is 2.40. The summed E-state index contributed by atoms with van der Waals surface area (Å²) in [5.74, 6) is 0.485. The molecule has 0 aromatic heterocycles. The van der Waals surface area contributed by atoms with E-state index in [-0.39, 0.29) is 17.0 Å². The molecule has 4 heteroatoms. The van der Waals surface area contributed by atoms with Crippen LogP contribution in [0.5, 0.6) is 11.5 Å². The zero-order valence-electron chi connectivity index (χ0n) is 14.1. The SMILES string of the molecule is COc1ccc(OCc2ccccc2)c(F)c1C1(CN)CCCC1. The summed E-state index contributed by atoms with van der Waals surface area (Å²) in [5.41, 5.74) is 7.28. The molecule has 1 aliphatic carbocycles. The van der Waals surface area contributed by atoms with Gasteiger partial charge in [-0.2, -0.15) is 0 Å². The summed E-state index contributed by atoms with van der Waals surface area (Å²) in [7, 11) is 1.57. The summed E-state index contributed by atoms with van der Waals surface area (Å²) >= 11 is 0. The van der Waals surface area contributed by atoms with Crippen LogP contribution in [0.25, 0.3) is 0 Å². The molecule has 0 saturated heterocycles. The molecule has 1 saturated carbocycles. The summed E-state index contributed by atoms with van der Waals surface area (Å²) in [6.07, 6.45) is 3.90. The molecule has 0 heterocycles. The van der Waals surface area contributed by atoms with E-state index in [4.69, 9.17) is 15.2 Å². The van der Waals surface area contributed by atoms with E-state index in [1.807, 2.05) is 30.3 Å². The first-order valence-corrected chi connectivity index (χ1v) is 8.44. The lowest BCUT2D eigenvalue weighted by atomic mass is 9.78. The summed E-state index contributed by atoms with van der Waals surface area (Å²) in [6.45, 7) is 0.752. The van der Waals surface area contributed by atoms with Crippen molar-refractivity contribution in [3.8, 4) is 11.5 Å². The lowest BCUT2D eigenvalue weighted by molar-refractivity contribution is 0.281. The quantitative estimate of drug-likeness (QED) is 0.864. The lowest BCUT2D eigenvalue weighted by Crippen LogP contribution is -2.33. The van der Waals surface area contributed by atoms with Gasteiger partial charge >= 0.3 is 0 Å². The van der Waals surface area contributed by atoms with Crippen molar-refractivity contribution in [1.82, 2.24) is 0 Å². The predicted molar refractivity (Wildman–Crippen MR) is 92.9 cm³/mol. The van der Waals surface area contributed by atoms with E-state index in [1.165, 1.54) is 0 Å². The number of hydrogen-bond donors (Lipinski definition) is 1. The van der Waals surface area contributed by atoms with E-state index in [0.29, 0.717) is 24.5 Å². The van der Waals surface area contributed by atoms with Crippen LogP contribution in [-0.2, 0) is 12.0 Å². The van der Waals surface area contributed by atoms with E-state index in [0.717, 1.165) is 31.2 Å². The van der Waals surface area contributed by atoms with Gasteiger partial charge in [0, 0.05) is 17.5 Å². The van der Waals surface area contributed by atoms with E-state index in [1.54, 1.807) is 19.2 Å². The fourth-order valence-electron chi connectivity index (χ4n) is 3.66. The molecule has 1 aliphatic rings. The maximum atomic E-state index is 15.2. The van der Waals surface area contributed by atoms with Crippen LogP contribution >= 0.6 is 0 Å². The number of halogens is 1. The monoisotopic (exact) mass is 329 g/mol. The minimum Gasteiger partial charge on any atom is -0.496 e. The zero-order chi connectivity index (χ0) is 17.0. The van der Waals surface area contributed by atoms with Gasteiger partial charge in [-0.15, -0.1) is 0 Å². The predicted octanol–water partition coefficient (Wildman–Crippen LogP) is 4.18. The van der Waals surface area contributed by atoms with E-state index < -0.39 is 0 Å². The summed E-state index contributed by atoms with van der Waals surface area (Å²) in [5, 5.41) is 0. The third-order valence-corrected chi connectivity index (χ3v) is 5.01. The van der Waals surface area contributed by atoms with Crippen LogP contribution in [0, 0.1) is 5.82 Å². The Bertz CT molecular complexity index is 682. The number of benzene rings is 2. The number of ether oxygens (including phenoxy) is 2. The molecule has 0 amide bonds. The Morgan fingerprint density at radius 1 is 1.04 bits per heavy atom. The van der Waals surface area contributed by atoms with Gasteiger partial charge in [0.1, 0.15) is 12.4 Å². The lowest BCUT2D eigenvalue weighted by Gasteiger charge is -2.30. The van der Waals surface area contributed by atoms with Crippen molar-refractivity contribution < 1.29 is 13.9 Å². The molecule has 0 aliphatic heterocycles. The average Bonchev–Trinajstić information content (AvgIpc) is 3.11. The molecule has 0 atom stereocenters. The normalized spacial score (nSPS) is 16.1. The number of methoxy groups -OCH3 is 1. The Kier molecular flexibility index (Phi) is 5.05. The fraction of sp³-hybridized carbons (Fsp3) is 0.400. The maximum Gasteiger partial charge on any atom is 0.172 e. The van der Waals surface area contributed by atoms with Gasteiger partial charge in [-0.3, -0.25) is 0 Å². The van der Waals surface area contributed by atoms with Gasteiger partial charge in [0.2, 0.25) is 0 Å². The molecule has 3 nitrogen and oxygen atoms in total. The molecule has 1 fully saturated rings. The van der Waals surface area contributed by atoms with Gasteiger partial charge in [0.05, 0.1) is 7.11 Å². The molecule has 3 rings (SSSR count). The van der Waals surface area contributed by atoms with E-state index >= 15 is 4.39 Å². The van der Waals surface area contributed by atoms with Crippen molar-refractivity contribution in [1.29, 1.82) is 0 Å². The third-order valence-electron chi connectivity index (χ3n) is 5.01. The molecule has 2 aromatic rings. The van der Waals surface area contributed by atoms with Crippen molar-refractivity contribution in [2.24, 2.45) is 5.73 Å². The number of nitrogens with two attached hydrogens (primary N) is 1. The highest BCUT2D eigenvalue weighted by atomic mass is 19.1. The first-order valence-electron chi connectivity index (χ1n) is 8.44. The van der Waals surface area contributed by atoms with Crippen LogP contribution in [0.4, 0.5) is 4.39 Å². The van der Waals surface area contributed by atoms with Crippen LogP contribution in [0.2, 0.25) is 0 Å². The van der Waals surface area contributed by atoms with Gasteiger partial charge in [0.25, 0.3) is 0 Å². The Labute approximate surface area is 142 Å². The van der Waals surface area contributed by atoms with E-state index in [9.17, 15) is 0 Å². The summed E-state index contributed by atoms with van der Waals surface area (Å²) in [4.78, 5) is 0. The topological polar surface area (TPSA) is 44.5 Å². The van der Waals surface area contributed by atoms with Crippen LogP contribution in [0.1, 0.15) is 36.8 Å². The molecule has 0 unspecified atom stereocenters. The first-order chi connectivity index (χ1) is 11.7. The summed E-state index contributed by atoms with van der Waals surface area (Å²) in [6, 6.07) is 13.2. The minimum absolute atomic E-state index is 0.259. The number of rotatable bonds is 6. The van der Waals surface area contributed by atoms with Crippen LogP contribution in [-0.4, -0.2) is 13.7 Å². The largest absolute Gasteiger partial charge is 0.496 e. The molecule has 128 valence electrons. The fourth-order valence-corrected chi connectivity index (χ4v) is 3.66. The number of hydrogen-bond acceptors (Lipinski definition) is 3. The molecular formula is C20H24FNO2. The average molecular weight is 329 g/mol. The summed E-state index contributed by atoms with van der Waals surface area (Å²) < 4.78 is 26.4. The van der Waals surface area contributed by atoms with Gasteiger partial charge in [0.15, 0.2) is 11.6 Å². The second-order valence-corrected chi connectivity index (χ2v) is 6.42. The van der Waals surface area contributed by atoms with Crippen LogP contribution < -0.4 is 15.2 Å². The van der Waals surface area contributed by atoms with Gasteiger partial charge in [-0.05, 0) is 30.5 Å². The second-order valence-electron chi connectivity index (χ2n) is 6.42. The van der Waals surface area contributed by atoms with Gasteiger partial charge in [-0.1, -0.05) is 43.2 Å². The highest BCUT2D eigenvalue weighted by Crippen LogP contribution is 2.47. The Morgan fingerprint density at radius 3 is 2.33 bits per heavy atom. The van der Waals surface area contributed by atoms with Gasteiger partial charge < -0.3 is 15.2 Å². The maximum absolute atomic E-state index is 15.2. The molecular weight excluding hydrogens is 305 g/mol. The Hall–Kier alpha value is -2.07. The molecule has 0 bridgehead atoms. The molecule has 2 N–H and O–H groups in total. The molecule has 0 radical (unpaired) electrons. The molecule has 0 spiro atoms. The minimum atomic E-state index is -0.346. The second kappa shape index (κ2) is 7.22. The highest BCUT2D eigenvalue weighted by molar-refractivity contribution is 5.47. The molecule has 24 heavy (non-hydrogen) atoms. The van der Waals surface area contributed by atoms with Crippen LogP contribution in [0.15, 0.2) is 42.5 Å². The van der Waals surface area contributed by atoms with Crippen molar-refractivity contribution in [3.63, 3.8) is 0 Å². The van der Waals surface area contributed by atoms with Crippen molar-refractivity contribution in [3.05, 3.63) is 59.4 Å². The third kappa shape index (κ3) is 3.11. The first kappa shape index (κ1) is 16.8. The van der Waals surface area contributed by atoms with Crippen LogP contribution in [0.3, 0.4) is 0 Å². The van der Waals surface area contributed by atoms with E-state index in [2.05, 4.69) is 0 Å². The van der Waals surface area contributed by atoms with Crippen molar-refractivity contribution >= 4 is 0 Å². The Morgan fingerprint density at radius 2 is 1.71 bits per heavy atom. The van der Waals surface area contributed by atoms with Gasteiger partial charge in [-0.25, -0.2) is 4.39 Å². The molecule has 2 aromatic carbocycles. The zero-order valence-corrected chi connectivity index (χ0v) is 14.1. The smallest absolute Gasteiger partial charge is 0.172 e. The van der Waals surface area contributed by atoms with Crippen molar-refractivity contribution in [2.45, 2.75) is 37.7 Å².